The Kier molecular flexibility index (Phi) is 4.11. The van der Waals surface area contributed by atoms with E-state index in [0.717, 1.165) is 38.2 Å². The first-order valence-corrected chi connectivity index (χ1v) is 9.27. The first-order valence-electron chi connectivity index (χ1n) is 7.03. The number of halogens is 1. The van der Waals surface area contributed by atoms with Crippen LogP contribution >= 0.6 is 15.9 Å². The van der Waals surface area contributed by atoms with Crippen LogP contribution in [0.1, 0.15) is 19.3 Å². The second-order valence-electron chi connectivity index (χ2n) is 5.25. The van der Waals surface area contributed by atoms with Crippen molar-refractivity contribution in [2.24, 2.45) is 0 Å². The lowest BCUT2D eigenvalue weighted by Crippen LogP contribution is -2.42. The molecular weight excluding hydrogens is 358 g/mol. The summed E-state index contributed by atoms with van der Waals surface area (Å²) in [6.07, 6.45) is 3.16. The van der Waals surface area contributed by atoms with Crippen molar-refractivity contribution in [3.63, 3.8) is 0 Å². The van der Waals surface area contributed by atoms with E-state index in [0.29, 0.717) is 17.6 Å². The molecule has 0 aliphatic carbocycles. The Bertz CT molecular complexity index is 640. The van der Waals surface area contributed by atoms with E-state index in [1.165, 1.54) is 11.4 Å². The molecule has 3 heterocycles. The molecule has 0 saturated carbocycles. The molecule has 0 aromatic carbocycles. The minimum absolute atomic E-state index is 0.138. The van der Waals surface area contributed by atoms with Gasteiger partial charge in [0.05, 0.1) is 11.6 Å². The highest BCUT2D eigenvalue weighted by molar-refractivity contribution is 9.10. The molecule has 0 spiro atoms. The minimum Gasteiger partial charge on any atom is -0.480 e. The largest absolute Gasteiger partial charge is 0.480 e. The molecule has 6 nitrogen and oxygen atoms in total. The maximum absolute atomic E-state index is 12.6. The summed E-state index contributed by atoms with van der Waals surface area (Å²) in [5.41, 5.74) is 0. The average molecular weight is 376 g/mol. The molecule has 3 rings (SSSR count). The lowest BCUT2D eigenvalue weighted by Gasteiger charge is -2.30. The van der Waals surface area contributed by atoms with Crippen molar-refractivity contribution in [1.29, 1.82) is 0 Å². The summed E-state index contributed by atoms with van der Waals surface area (Å²) < 4.78 is 32.5. The van der Waals surface area contributed by atoms with Crippen LogP contribution in [0.5, 0.6) is 5.88 Å². The Morgan fingerprint density at radius 2 is 1.86 bits per heavy atom. The van der Waals surface area contributed by atoms with Gasteiger partial charge in [0, 0.05) is 26.2 Å². The molecule has 8 heteroatoms. The Hall–Kier alpha value is -0.860. The quantitative estimate of drug-likeness (QED) is 0.803. The zero-order valence-corrected chi connectivity index (χ0v) is 14.3. The van der Waals surface area contributed by atoms with Crippen LogP contribution in [0.3, 0.4) is 0 Å². The van der Waals surface area contributed by atoms with E-state index < -0.39 is 10.0 Å². The Morgan fingerprint density at radius 1 is 1.19 bits per heavy atom. The number of hydrogen-bond acceptors (Lipinski definition) is 5. The molecule has 1 aromatic rings. The number of aromatic nitrogens is 1. The zero-order valence-electron chi connectivity index (χ0n) is 11.9. The van der Waals surface area contributed by atoms with E-state index in [1.54, 1.807) is 6.07 Å². The standard InChI is InChI=1S/C13H18BrN3O3S/c1-20-13-11(21(18,19)17-7-4-8-17)9-10(14)12(15-13)16-5-2-3-6-16/h9H,2-8H2,1H3. The number of nitrogens with zero attached hydrogens (tertiary/aromatic N) is 3. The van der Waals surface area contributed by atoms with E-state index in [4.69, 9.17) is 4.74 Å². The van der Waals surface area contributed by atoms with Crippen LogP contribution in [0.2, 0.25) is 0 Å². The van der Waals surface area contributed by atoms with Gasteiger partial charge >= 0.3 is 0 Å². The molecule has 0 radical (unpaired) electrons. The van der Waals surface area contributed by atoms with Crippen molar-refractivity contribution in [2.45, 2.75) is 24.2 Å². The fourth-order valence-corrected chi connectivity index (χ4v) is 4.95. The van der Waals surface area contributed by atoms with Gasteiger partial charge in [0.1, 0.15) is 10.7 Å². The van der Waals surface area contributed by atoms with Gasteiger partial charge in [-0.3, -0.25) is 0 Å². The van der Waals surface area contributed by atoms with Gasteiger partial charge in [-0.25, -0.2) is 8.42 Å². The predicted molar refractivity (Wildman–Crippen MR) is 83.3 cm³/mol. The van der Waals surface area contributed by atoms with E-state index in [-0.39, 0.29) is 10.8 Å². The first kappa shape index (κ1) is 15.1. The molecule has 116 valence electrons. The molecule has 0 bridgehead atoms. The van der Waals surface area contributed by atoms with E-state index in [2.05, 4.69) is 25.8 Å². The molecule has 0 amide bonds. The van der Waals surface area contributed by atoms with E-state index in [1.807, 2.05) is 0 Å². The maximum Gasteiger partial charge on any atom is 0.248 e. The highest BCUT2D eigenvalue weighted by Crippen LogP contribution is 2.36. The van der Waals surface area contributed by atoms with Crippen LogP contribution in [0.4, 0.5) is 5.82 Å². The van der Waals surface area contributed by atoms with E-state index in [9.17, 15) is 8.42 Å². The minimum atomic E-state index is -3.51. The molecule has 0 atom stereocenters. The fraction of sp³-hybridized carbons (Fsp3) is 0.615. The number of ether oxygens (including phenoxy) is 1. The van der Waals surface area contributed by atoms with Gasteiger partial charge in [-0.15, -0.1) is 0 Å². The van der Waals surface area contributed by atoms with Gasteiger partial charge in [-0.1, -0.05) is 0 Å². The van der Waals surface area contributed by atoms with Crippen LogP contribution < -0.4 is 9.64 Å². The van der Waals surface area contributed by atoms with Crippen LogP contribution in [-0.2, 0) is 10.0 Å². The summed E-state index contributed by atoms with van der Waals surface area (Å²) in [6, 6.07) is 1.62. The second kappa shape index (κ2) is 5.73. The van der Waals surface area contributed by atoms with Gasteiger partial charge < -0.3 is 9.64 Å². The molecular formula is C13H18BrN3O3S. The Morgan fingerprint density at radius 3 is 2.38 bits per heavy atom. The van der Waals surface area contributed by atoms with Crippen molar-refractivity contribution < 1.29 is 13.2 Å². The molecule has 2 saturated heterocycles. The normalized spacial score (nSPS) is 19.6. The van der Waals surface area contributed by atoms with Crippen molar-refractivity contribution in [3.8, 4) is 5.88 Å². The third kappa shape index (κ3) is 2.64. The SMILES string of the molecule is COc1nc(N2CCCC2)c(Br)cc1S(=O)(=O)N1CCC1. The summed E-state index contributed by atoms with van der Waals surface area (Å²) in [4.78, 5) is 6.71. The van der Waals surface area contributed by atoms with Gasteiger partial charge in [-0.05, 0) is 41.3 Å². The van der Waals surface area contributed by atoms with Crippen molar-refractivity contribution in [1.82, 2.24) is 9.29 Å². The molecule has 21 heavy (non-hydrogen) atoms. The van der Waals surface area contributed by atoms with Crippen molar-refractivity contribution in [2.75, 3.05) is 38.2 Å². The molecule has 0 unspecified atom stereocenters. The fourth-order valence-electron chi connectivity index (χ4n) is 2.59. The summed E-state index contributed by atoms with van der Waals surface area (Å²) in [6.45, 7) is 3.01. The number of methoxy groups -OCH3 is 1. The molecule has 2 aliphatic heterocycles. The summed E-state index contributed by atoms with van der Waals surface area (Å²) in [5.74, 6) is 0.930. The summed E-state index contributed by atoms with van der Waals surface area (Å²) in [7, 11) is -2.05. The summed E-state index contributed by atoms with van der Waals surface area (Å²) in [5, 5.41) is 0. The van der Waals surface area contributed by atoms with E-state index >= 15 is 0 Å². The van der Waals surface area contributed by atoms with Gasteiger partial charge in [0.25, 0.3) is 0 Å². The van der Waals surface area contributed by atoms with Crippen LogP contribution in [0.15, 0.2) is 15.4 Å². The lowest BCUT2D eigenvalue weighted by molar-refractivity contribution is 0.306. The first-order chi connectivity index (χ1) is 10.0. The Labute approximate surface area is 133 Å². The third-order valence-electron chi connectivity index (χ3n) is 3.92. The van der Waals surface area contributed by atoms with Gasteiger partial charge in [-0.2, -0.15) is 9.29 Å². The maximum atomic E-state index is 12.6. The zero-order chi connectivity index (χ0) is 15.0. The summed E-state index contributed by atoms with van der Waals surface area (Å²) >= 11 is 3.46. The van der Waals surface area contributed by atoms with Gasteiger partial charge in [0.2, 0.25) is 15.9 Å². The average Bonchev–Trinajstić information content (AvgIpc) is 2.89. The molecule has 2 fully saturated rings. The van der Waals surface area contributed by atoms with Crippen LogP contribution in [0.25, 0.3) is 0 Å². The number of pyridine rings is 1. The predicted octanol–water partition coefficient (Wildman–Crippen LogP) is 1.85. The Balaban J connectivity index is 2.03. The number of hydrogen-bond donors (Lipinski definition) is 0. The highest BCUT2D eigenvalue weighted by Gasteiger charge is 2.33. The van der Waals surface area contributed by atoms with Crippen LogP contribution in [0, 0.1) is 0 Å². The number of sulfonamides is 1. The highest BCUT2D eigenvalue weighted by atomic mass is 79.9. The third-order valence-corrected chi connectivity index (χ3v) is 6.40. The van der Waals surface area contributed by atoms with Crippen molar-refractivity contribution >= 4 is 31.8 Å². The second-order valence-corrected chi connectivity index (χ2v) is 8.01. The molecule has 2 aliphatic rings. The van der Waals surface area contributed by atoms with Gasteiger partial charge in [0.15, 0.2) is 0 Å². The molecule has 1 aromatic heterocycles. The monoisotopic (exact) mass is 375 g/mol. The van der Waals surface area contributed by atoms with Crippen molar-refractivity contribution in [3.05, 3.63) is 10.5 Å². The molecule has 0 N–H and O–H groups in total. The number of anilines is 1. The number of rotatable bonds is 4. The van der Waals surface area contributed by atoms with Crippen LogP contribution in [-0.4, -0.2) is 51.0 Å². The lowest BCUT2D eigenvalue weighted by atomic mass is 10.3. The smallest absolute Gasteiger partial charge is 0.248 e. The topological polar surface area (TPSA) is 62.7 Å².